The Morgan fingerprint density at radius 2 is 1.36 bits per heavy atom. The van der Waals surface area contributed by atoms with Gasteiger partial charge in [-0.3, -0.25) is 24.0 Å². The van der Waals surface area contributed by atoms with E-state index in [2.05, 4.69) is 21.3 Å². The lowest BCUT2D eigenvalue weighted by Crippen LogP contribution is -2.60. The molecule has 0 unspecified atom stereocenters. The minimum Gasteiger partial charge on any atom is -0.478 e. The van der Waals surface area contributed by atoms with Gasteiger partial charge >= 0.3 is 23.8 Å². The summed E-state index contributed by atoms with van der Waals surface area (Å²) in [5.41, 5.74) is 5.36. The molecule has 0 aliphatic heterocycles. The number of nitrogens with two attached hydrogens (primary N) is 1. The number of rotatable bonds is 18. The van der Waals surface area contributed by atoms with Crippen LogP contribution in [0.3, 0.4) is 0 Å². The molecule has 1 aliphatic carbocycles. The van der Waals surface area contributed by atoms with Gasteiger partial charge in [-0.05, 0) is 48.4 Å². The van der Waals surface area contributed by atoms with E-state index >= 15 is 0 Å². The second-order valence-electron chi connectivity index (χ2n) is 13.8. The summed E-state index contributed by atoms with van der Waals surface area (Å²) >= 11 is 0. The molecule has 1 aliphatic rings. The summed E-state index contributed by atoms with van der Waals surface area (Å²) in [6.45, 7) is 2.74. The number of aromatic carboxylic acids is 2. The van der Waals surface area contributed by atoms with Crippen molar-refractivity contribution in [3.8, 4) is 0 Å². The Morgan fingerprint density at radius 1 is 0.764 bits per heavy atom. The van der Waals surface area contributed by atoms with E-state index in [-0.39, 0.29) is 24.4 Å². The van der Waals surface area contributed by atoms with E-state index in [0.717, 1.165) is 50.3 Å². The van der Waals surface area contributed by atoms with Crippen LogP contribution in [0, 0.1) is 11.8 Å². The van der Waals surface area contributed by atoms with Gasteiger partial charge in [-0.1, -0.05) is 76.3 Å². The zero-order valence-corrected chi connectivity index (χ0v) is 30.4. The lowest BCUT2D eigenvalue weighted by Gasteiger charge is -2.31. The number of carbonyl (C=O) groups is 8. The number of carboxylic acid groups (broad SMARTS) is 3. The molecule has 5 atom stereocenters. The number of nitrogens with one attached hydrogen (secondary N) is 5. The number of carbonyl (C=O) groups excluding carboxylic acids is 5. The fraction of sp³-hybridized carbons (Fsp3) is 0.459. The van der Waals surface area contributed by atoms with Gasteiger partial charge in [-0.15, -0.1) is 0 Å². The number of anilines is 1. The van der Waals surface area contributed by atoms with E-state index < -0.39 is 101 Å². The monoisotopic (exact) mass is 768 g/mol. The first-order chi connectivity index (χ1) is 26.0. The van der Waals surface area contributed by atoms with E-state index in [9.17, 15) is 53.7 Å². The topological polar surface area (TPSA) is 304 Å². The van der Waals surface area contributed by atoms with Crippen molar-refractivity contribution in [2.75, 3.05) is 11.9 Å². The Bertz CT molecular complexity index is 1700. The van der Waals surface area contributed by atoms with Crippen molar-refractivity contribution < 1.29 is 58.8 Å². The van der Waals surface area contributed by atoms with Gasteiger partial charge in [0.1, 0.15) is 18.1 Å². The maximum absolute atomic E-state index is 14.1. The van der Waals surface area contributed by atoms with Crippen molar-refractivity contribution >= 4 is 53.1 Å². The Morgan fingerprint density at radius 3 is 1.91 bits per heavy atom. The highest BCUT2D eigenvalue weighted by molar-refractivity contribution is 6.31. The number of aliphatic hydroxyl groups excluding tert-OH is 1. The first-order valence-corrected chi connectivity index (χ1v) is 17.8. The van der Waals surface area contributed by atoms with Crippen LogP contribution in [0.15, 0.2) is 48.5 Å². The van der Waals surface area contributed by atoms with E-state index in [1.54, 1.807) is 44.2 Å². The van der Waals surface area contributed by atoms with Crippen LogP contribution in [0.2, 0.25) is 0 Å². The predicted octanol–water partition coefficient (Wildman–Crippen LogP) is 0.234. The minimum absolute atomic E-state index is 0.0360. The molecule has 3 rings (SSSR count). The summed E-state index contributed by atoms with van der Waals surface area (Å²) in [4.78, 5) is 99.5. The summed E-state index contributed by atoms with van der Waals surface area (Å²) in [6.07, 6.45) is 2.58. The van der Waals surface area contributed by atoms with Gasteiger partial charge in [0.2, 0.25) is 17.7 Å². The molecule has 55 heavy (non-hydrogen) atoms. The van der Waals surface area contributed by atoms with Gasteiger partial charge in [0, 0.05) is 12.2 Å². The van der Waals surface area contributed by atoms with Crippen LogP contribution < -0.4 is 32.3 Å². The zero-order chi connectivity index (χ0) is 40.8. The van der Waals surface area contributed by atoms with Crippen LogP contribution in [0.25, 0.3) is 0 Å². The molecule has 18 heteroatoms. The molecule has 0 radical (unpaired) electrons. The molecular weight excluding hydrogens is 720 g/mol. The van der Waals surface area contributed by atoms with Crippen molar-refractivity contribution in [2.24, 2.45) is 17.6 Å². The normalized spacial score (nSPS) is 15.7. The van der Waals surface area contributed by atoms with Gasteiger partial charge < -0.3 is 52.7 Å². The van der Waals surface area contributed by atoms with Crippen molar-refractivity contribution in [2.45, 2.75) is 89.1 Å². The number of benzene rings is 2. The maximum Gasteiger partial charge on any atom is 0.394 e. The number of amides is 5. The molecule has 0 spiro atoms. The van der Waals surface area contributed by atoms with Crippen molar-refractivity contribution in [3.05, 3.63) is 65.2 Å². The third-order valence-electron chi connectivity index (χ3n) is 9.16. The molecular formula is C37H48N6O12. The smallest absolute Gasteiger partial charge is 0.394 e. The van der Waals surface area contributed by atoms with Crippen molar-refractivity contribution in [1.82, 2.24) is 21.3 Å². The van der Waals surface area contributed by atoms with Gasteiger partial charge in [-0.25, -0.2) is 14.4 Å². The molecule has 0 saturated heterocycles. The maximum atomic E-state index is 14.1. The summed E-state index contributed by atoms with van der Waals surface area (Å²) in [5.74, 6) is -9.97. The highest BCUT2D eigenvalue weighted by atomic mass is 16.4. The van der Waals surface area contributed by atoms with E-state index in [4.69, 9.17) is 10.8 Å². The van der Waals surface area contributed by atoms with Crippen LogP contribution in [-0.4, -0.2) is 105 Å². The molecule has 1 fully saturated rings. The molecule has 0 aromatic heterocycles. The first-order valence-electron chi connectivity index (χ1n) is 17.8. The van der Waals surface area contributed by atoms with Crippen LogP contribution in [0.5, 0.6) is 0 Å². The Labute approximate surface area is 316 Å². The Kier molecular flexibility index (Phi) is 16.3. The summed E-state index contributed by atoms with van der Waals surface area (Å²) < 4.78 is 0. The van der Waals surface area contributed by atoms with Gasteiger partial charge in [-0.2, -0.15) is 0 Å². The van der Waals surface area contributed by atoms with Crippen molar-refractivity contribution in [1.29, 1.82) is 0 Å². The van der Waals surface area contributed by atoms with Crippen molar-refractivity contribution in [3.63, 3.8) is 0 Å². The SMILES string of the molecule is CC(C)[C@H](NC(=O)[C@@H](N)CNC(=O)C(=O)O)C(=O)N[C@@H](CC1CCCCC1)C(=O)N[C@@H](Cc1ccccc1)[C@@H](O)C(=O)Nc1cc(C(=O)O)cc(C(=O)O)c1. The van der Waals surface area contributed by atoms with E-state index in [0.29, 0.717) is 5.56 Å². The predicted molar refractivity (Wildman–Crippen MR) is 196 cm³/mol. The molecule has 298 valence electrons. The molecule has 18 nitrogen and oxygen atoms in total. The van der Waals surface area contributed by atoms with Crippen LogP contribution >= 0.6 is 0 Å². The van der Waals surface area contributed by atoms with Gasteiger partial charge in [0.25, 0.3) is 5.91 Å². The Balaban J connectivity index is 1.87. The summed E-state index contributed by atoms with van der Waals surface area (Å²) in [7, 11) is 0. The zero-order valence-electron chi connectivity index (χ0n) is 30.4. The highest BCUT2D eigenvalue weighted by Gasteiger charge is 2.35. The molecule has 0 bridgehead atoms. The second kappa shape index (κ2) is 20.5. The molecule has 11 N–H and O–H groups in total. The third-order valence-corrected chi connectivity index (χ3v) is 9.16. The average Bonchev–Trinajstić information content (AvgIpc) is 3.15. The standard InChI is InChI=1S/C37H48N6O12/c1-19(2)28(43-30(45)25(38)18-39-34(49)37(54)55)32(47)42-27(14-21-11-7-4-8-12-21)31(46)41-26(13-20-9-5-3-6-10-20)29(44)33(48)40-24-16-22(35(50)51)15-23(17-24)36(52)53/h3,5-6,9-10,15-17,19,21,25-29,44H,4,7-8,11-14,18,38H2,1-2H3,(H,39,49)(H,40,48)(H,41,46)(H,42,47)(H,43,45)(H,50,51)(H,52,53)(H,54,55)/t25-,26-,27-,28-,29+/m0/s1. The molecule has 2 aromatic rings. The highest BCUT2D eigenvalue weighted by Crippen LogP contribution is 2.28. The van der Waals surface area contributed by atoms with E-state index in [1.807, 2.05) is 5.32 Å². The fourth-order valence-corrected chi connectivity index (χ4v) is 6.15. The van der Waals surface area contributed by atoms with Gasteiger partial charge in [0.05, 0.1) is 17.2 Å². The minimum atomic E-state index is -1.96. The lowest BCUT2D eigenvalue weighted by molar-refractivity contribution is -0.150. The van der Waals surface area contributed by atoms with Crippen LogP contribution in [0.1, 0.15) is 78.7 Å². The van der Waals surface area contributed by atoms with E-state index in [1.165, 1.54) is 0 Å². The van der Waals surface area contributed by atoms with Gasteiger partial charge in [0.15, 0.2) is 6.10 Å². The van der Waals surface area contributed by atoms with Crippen LogP contribution in [-0.2, 0) is 35.2 Å². The molecule has 2 aromatic carbocycles. The quantitative estimate of drug-likeness (QED) is 0.0910. The second-order valence-corrected chi connectivity index (χ2v) is 13.8. The fourth-order valence-electron chi connectivity index (χ4n) is 6.15. The molecule has 0 heterocycles. The Hall–Kier alpha value is -5.88. The summed E-state index contributed by atoms with van der Waals surface area (Å²) in [6, 6.07) is 6.38. The third kappa shape index (κ3) is 13.5. The average molecular weight is 769 g/mol. The summed E-state index contributed by atoms with van der Waals surface area (Å²) in [5, 5.41) is 51.2. The lowest BCUT2D eigenvalue weighted by atomic mass is 9.84. The number of hydrogen-bond acceptors (Lipinski definition) is 10. The van der Waals surface area contributed by atoms with Crippen LogP contribution in [0.4, 0.5) is 5.69 Å². The first kappa shape index (κ1) is 43.5. The number of carboxylic acids is 3. The molecule has 5 amide bonds. The number of hydrogen-bond donors (Lipinski definition) is 10. The molecule has 1 saturated carbocycles. The number of aliphatic carboxylic acids is 1. The number of aliphatic hydroxyl groups is 1. The largest absolute Gasteiger partial charge is 0.478 e.